The van der Waals surface area contributed by atoms with Gasteiger partial charge in [-0.15, -0.1) is 0 Å². The van der Waals surface area contributed by atoms with Crippen LogP contribution in [0.25, 0.3) is 0 Å². The third-order valence-corrected chi connectivity index (χ3v) is 4.04. The number of amides is 2. The summed E-state index contributed by atoms with van der Waals surface area (Å²) in [5.41, 5.74) is 7.45. The predicted octanol–water partition coefficient (Wildman–Crippen LogP) is 2.66. The highest BCUT2D eigenvalue weighted by Gasteiger charge is 2.25. The molecular formula is C15H23N3O. The van der Waals surface area contributed by atoms with Crippen LogP contribution in [0.3, 0.4) is 0 Å². The van der Waals surface area contributed by atoms with Crippen LogP contribution in [0.4, 0.5) is 10.5 Å². The molecule has 0 saturated carbocycles. The van der Waals surface area contributed by atoms with Crippen molar-refractivity contribution in [2.75, 3.05) is 18.4 Å². The molecule has 1 aliphatic heterocycles. The van der Waals surface area contributed by atoms with Gasteiger partial charge in [0.2, 0.25) is 0 Å². The lowest BCUT2D eigenvalue weighted by molar-refractivity contribution is 0.154. The maximum atomic E-state index is 12.2. The molecule has 1 aromatic carbocycles. The quantitative estimate of drug-likeness (QED) is 0.860. The standard InChI is InChI=1S/C15H23N3O/c1-11-6-7-18(10-12(11)2)15(19)17-14-5-3-4-13(8-14)9-16/h3-5,8,11-12H,6-7,9-10,16H2,1-2H3,(H,17,19). The summed E-state index contributed by atoms with van der Waals surface area (Å²) >= 11 is 0. The van der Waals surface area contributed by atoms with Crippen molar-refractivity contribution in [2.24, 2.45) is 17.6 Å². The molecule has 1 aliphatic rings. The zero-order chi connectivity index (χ0) is 13.8. The van der Waals surface area contributed by atoms with Gasteiger partial charge in [0.05, 0.1) is 0 Å². The van der Waals surface area contributed by atoms with E-state index in [1.54, 1.807) is 0 Å². The number of hydrogen-bond donors (Lipinski definition) is 2. The highest BCUT2D eigenvalue weighted by atomic mass is 16.2. The number of hydrogen-bond acceptors (Lipinski definition) is 2. The summed E-state index contributed by atoms with van der Waals surface area (Å²) in [5, 5.41) is 2.95. The molecule has 0 aromatic heterocycles. The second kappa shape index (κ2) is 6.06. The maximum Gasteiger partial charge on any atom is 0.321 e. The molecular weight excluding hydrogens is 238 g/mol. The van der Waals surface area contributed by atoms with Gasteiger partial charge in [-0.1, -0.05) is 26.0 Å². The number of likely N-dealkylation sites (tertiary alicyclic amines) is 1. The average molecular weight is 261 g/mol. The summed E-state index contributed by atoms with van der Waals surface area (Å²) in [5.74, 6) is 1.26. The molecule has 1 heterocycles. The monoisotopic (exact) mass is 261 g/mol. The van der Waals surface area contributed by atoms with Crippen molar-refractivity contribution in [3.63, 3.8) is 0 Å². The Balaban J connectivity index is 1.97. The number of nitrogens with two attached hydrogens (primary N) is 1. The number of carbonyl (C=O) groups excluding carboxylic acids is 1. The number of benzene rings is 1. The van der Waals surface area contributed by atoms with E-state index in [4.69, 9.17) is 5.73 Å². The first kappa shape index (κ1) is 13.9. The summed E-state index contributed by atoms with van der Waals surface area (Å²) < 4.78 is 0. The summed E-state index contributed by atoms with van der Waals surface area (Å²) in [7, 11) is 0. The van der Waals surface area contributed by atoms with Gasteiger partial charge in [-0.25, -0.2) is 4.79 Å². The topological polar surface area (TPSA) is 58.4 Å². The van der Waals surface area contributed by atoms with Crippen molar-refractivity contribution in [1.82, 2.24) is 4.90 Å². The van der Waals surface area contributed by atoms with Gasteiger partial charge in [0.15, 0.2) is 0 Å². The number of urea groups is 1. The molecule has 3 N–H and O–H groups in total. The van der Waals surface area contributed by atoms with E-state index in [1.807, 2.05) is 29.2 Å². The van der Waals surface area contributed by atoms with Crippen LogP contribution < -0.4 is 11.1 Å². The van der Waals surface area contributed by atoms with Gasteiger partial charge in [0, 0.05) is 25.3 Å². The number of carbonyl (C=O) groups is 1. The first-order valence-corrected chi connectivity index (χ1v) is 6.95. The van der Waals surface area contributed by atoms with E-state index < -0.39 is 0 Å². The van der Waals surface area contributed by atoms with E-state index >= 15 is 0 Å². The van der Waals surface area contributed by atoms with Crippen LogP contribution in [-0.4, -0.2) is 24.0 Å². The Hall–Kier alpha value is -1.55. The molecule has 19 heavy (non-hydrogen) atoms. The fourth-order valence-electron chi connectivity index (χ4n) is 2.43. The maximum absolute atomic E-state index is 12.2. The van der Waals surface area contributed by atoms with Crippen LogP contribution in [0.15, 0.2) is 24.3 Å². The van der Waals surface area contributed by atoms with Crippen molar-refractivity contribution < 1.29 is 4.79 Å². The number of nitrogens with one attached hydrogen (secondary N) is 1. The average Bonchev–Trinajstić information content (AvgIpc) is 2.42. The fraction of sp³-hybridized carbons (Fsp3) is 0.533. The third kappa shape index (κ3) is 3.47. The minimum atomic E-state index is -0.00655. The number of nitrogens with zero attached hydrogens (tertiary/aromatic N) is 1. The van der Waals surface area contributed by atoms with E-state index in [-0.39, 0.29) is 6.03 Å². The molecule has 0 spiro atoms. The van der Waals surface area contributed by atoms with Gasteiger partial charge in [0.25, 0.3) is 0 Å². The smallest absolute Gasteiger partial charge is 0.321 e. The Kier molecular flexibility index (Phi) is 4.43. The molecule has 2 atom stereocenters. The predicted molar refractivity (Wildman–Crippen MR) is 77.9 cm³/mol. The van der Waals surface area contributed by atoms with Crippen molar-refractivity contribution in [3.8, 4) is 0 Å². The van der Waals surface area contributed by atoms with Crippen LogP contribution >= 0.6 is 0 Å². The second-order valence-corrected chi connectivity index (χ2v) is 5.52. The Morgan fingerprint density at radius 3 is 2.89 bits per heavy atom. The van der Waals surface area contributed by atoms with Crippen LogP contribution in [0.2, 0.25) is 0 Å². The van der Waals surface area contributed by atoms with E-state index in [0.717, 1.165) is 30.8 Å². The highest BCUT2D eigenvalue weighted by molar-refractivity contribution is 5.89. The summed E-state index contributed by atoms with van der Waals surface area (Å²) in [4.78, 5) is 14.1. The van der Waals surface area contributed by atoms with Crippen LogP contribution in [0.1, 0.15) is 25.8 Å². The normalized spacial score (nSPS) is 23.2. The first-order chi connectivity index (χ1) is 9.10. The second-order valence-electron chi connectivity index (χ2n) is 5.52. The molecule has 1 aromatic rings. The van der Waals surface area contributed by atoms with Crippen molar-refractivity contribution in [2.45, 2.75) is 26.8 Å². The van der Waals surface area contributed by atoms with Crippen molar-refractivity contribution >= 4 is 11.7 Å². The number of anilines is 1. The lowest BCUT2D eigenvalue weighted by atomic mass is 9.89. The number of rotatable bonds is 2. The van der Waals surface area contributed by atoms with Gasteiger partial charge in [-0.2, -0.15) is 0 Å². The molecule has 2 amide bonds. The first-order valence-electron chi connectivity index (χ1n) is 6.95. The van der Waals surface area contributed by atoms with E-state index in [0.29, 0.717) is 18.4 Å². The van der Waals surface area contributed by atoms with E-state index in [1.165, 1.54) is 0 Å². The lowest BCUT2D eigenvalue weighted by Gasteiger charge is -2.35. The van der Waals surface area contributed by atoms with E-state index in [2.05, 4.69) is 19.2 Å². The van der Waals surface area contributed by atoms with Crippen LogP contribution in [0, 0.1) is 11.8 Å². The van der Waals surface area contributed by atoms with Crippen LogP contribution in [-0.2, 0) is 6.54 Å². The van der Waals surface area contributed by atoms with Crippen molar-refractivity contribution in [1.29, 1.82) is 0 Å². The molecule has 2 rings (SSSR count). The van der Waals surface area contributed by atoms with Gasteiger partial charge >= 0.3 is 6.03 Å². The molecule has 0 radical (unpaired) electrons. The summed E-state index contributed by atoms with van der Waals surface area (Å²) in [6, 6.07) is 7.69. The SMILES string of the molecule is CC1CCN(C(=O)Nc2cccc(CN)c2)CC1C. The summed E-state index contributed by atoms with van der Waals surface area (Å²) in [6.07, 6.45) is 1.08. The Bertz CT molecular complexity index is 447. The fourth-order valence-corrected chi connectivity index (χ4v) is 2.43. The van der Waals surface area contributed by atoms with Crippen LogP contribution in [0.5, 0.6) is 0 Å². The Labute approximate surface area is 115 Å². The largest absolute Gasteiger partial charge is 0.326 e. The molecule has 104 valence electrons. The molecule has 4 nitrogen and oxygen atoms in total. The van der Waals surface area contributed by atoms with Gasteiger partial charge in [-0.3, -0.25) is 0 Å². The molecule has 4 heteroatoms. The third-order valence-electron chi connectivity index (χ3n) is 4.04. The molecule has 0 bridgehead atoms. The zero-order valence-corrected chi connectivity index (χ0v) is 11.7. The van der Waals surface area contributed by atoms with Gasteiger partial charge < -0.3 is 16.0 Å². The minimum absolute atomic E-state index is 0.00655. The molecule has 0 aliphatic carbocycles. The zero-order valence-electron chi connectivity index (χ0n) is 11.7. The van der Waals surface area contributed by atoms with Gasteiger partial charge in [0.1, 0.15) is 0 Å². The summed E-state index contributed by atoms with van der Waals surface area (Å²) in [6.45, 7) is 6.63. The Morgan fingerprint density at radius 1 is 1.42 bits per heavy atom. The lowest BCUT2D eigenvalue weighted by Crippen LogP contribution is -2.44. The molecule has 2 unspecified atom stereocenters. The minimum Gasteiger partial charge on any atom is -0.326 e. The van der Waals surface area contributed by atoms with Gasteiger partial charge in [-0.05, 0) is 36.0 Å². The highest BCUT2D eigenvalue weighted by Crippen LogP contribution is 2.23. The Morgan fingerprint density at radius 2 is 2.21 bits per heavy atom. The van der Waals surface area contributed by atoms with Crippen molar-refractivity contribution in [3.05, 3.63) is 29.8 Å². The number of piperidine rings is 1. The van der Waals surface area contributed by atoms with E-state index in [9.17, 15) is 4.79 Å². The molecule has 1 fully saturated rings. The molecule has 1 saturated heterocycles.